The van der Waals surface area contributed by atoms with E-state index in [1.54, 1.807) is 0 Å². The maximum Gasteiger partial charge on any atom is 0.310 e. The number of hydrogen-bond donors (Lipinski definition) is 4. The van der Waals surface area contributed by atoms with E-state index in [2.05, 4.69) is 27.7 Å². The van der Waals surface area contributed by atoms with Crippen molar-refractivity contribution in [1.29, 1.82) is 0 Å². The molecule has 0 radical (unpaired) electrons. The van der Waals surface area contributed by atoms with Crippen LogP contribution in [0, 0.1) is 29.1 Å². The highest BCUT2D eigenvalue weighted by Gasteiger charge is 2.53. The number of carboxylic acid groups (broad SMARTS) is 4. The minimum atomic E-state index is -1.03. The molecule has 8 heteroatoms. The molecule has 0 bridgehead atoms. The fourth-order valence-electron chi connectivity index (χ4n) is 7.69. The highest BCUT2D eigenvalue weighted by Crippen LogP contribution is 2.52. The fourth-order valence-corrected chi connectivity index (χ4v) is 7.69. The van der Waals surface area contributed by atoms with Gasteiger partial charge in [0.25, 0.3) is 0 Å². The van der Waals surface area contributed by atoms with Gasteiger partial charge in [0.2, 0.25) is 0 Å². The van der Waals surface area contributed by atoms with E-state index in [1.165, 1.54) is 0 Å². The van der Waals surface area contributed by atoms with E-state index in [9.17, 15) is 34.5 Å². The molecule has 3 atom stereocenters. The molecule has 0 aromatic heterocycles. The molecule has 46 heavy (non-hydrogen) atoms. The Kier molecular flexibility index (Phi) is 25.7. The van der Waals surface area contributed by atoms with Gasteiger partial charge >= 0.3 is 23.9 Å². The highest BCUT2D eigenvalue weighted by molar-refractivity contribution is 5.77. The second kappa shape index (κ2) is 26.9. The van der Waals surface area contributed by atoms with Crippen molar-refractivity contribution in [3.8, 4) is 0 Å². The normalized spacial score (nSPS) is 14.3. The Morgan fingerprint density at radius 2 is 0.978 bits per heavy atom. The third kappa shape index (κ3) is 17.7. The summed E-state index contributed by atoms with van der Waals surface area (Å²) < 4.78 is 0. The average molecular weight is 655 g/mol. The van der Waals surface area contributed by atoms with Crippen molar-refractivity contribution >= 4 is 23.9 Å². The topological polar surface area (TPSA) is 149 Å². The van der Waals surface area contributed by atoms with E-state index in [0.717, 1.165) is 128 Å². The molecule has 0 aliphatic heterocycles. The van der Waals surface area contributed by atoms with Crippen LogP contribution in [0.15, 0.2) is 0 Å². The van der Waals surface area contributed by atoms with Gasteiger partial charge in [0.05, 0.1) is 11.3 Å². The van der Waals surface area contributed by atoms with E-state index in [1.807, 2.05) is 0 Å². The lowest BCUT2D eigenvalue weighted by molar-refractivity contribution is -0.165. The van der Waals surface area contributed by atoms with E-state index in [-0.39, 0.29) is 37.0 Å². The lowest BCUT2D eigenvalue weighted by atomic mass is 9.56. The number of rotatable bonds is 33. The minimum absolute atomic E-state index is 0.0230. The van der Waals surface area contributed by atoms with Crippen LogP contribution in [-0.2, 0) is 19.2 Å². The van der Waals surface area contributed by atoms with E-state index in [0.29, 0.717) is 12.8 Å². The highest BCUT2D eigenvalue weighted by atomic mass is 16.4. The quantitative estimate of drug-likeness (QED) is 0.0511. The standard InChI is InChI=1S/C38H70O8/c1-5-9-21-30(22-10-6-2)33(29-35(41)42)38(37(45)46,32(24-11-7-3)25-12-8-4)28-20-18-16-14-13-15-17-19-23-31(36(43)44)26-27-34(39)40/h30-33H,5-29H2,1-4H3,(H,39,40)(H,41,42)(H,43,44)(H,45,46). The van der Waals surface area contributed by atoms with Crippen LogP contribution in [0.1, 0.15) is 188 Å². The Morgan fingerprint density at radius 3 is 1.39 bits per heavy atom. The van der Waals surface area contributed by atoms with E-state index in [4.69, 9.17) is 5.11 Å². The number of hydrogen-bond acceptors (Lipinski definition) is 4. The van der Waals surface area contributed by atoms with Gasteiger partial charge in [-0.25, -0.2) is 0 Å². The van der Waals surface area contributed by atoms with Gasteiger partial charge in [0, 0.05) is 12.8 Å². The van der Waals surface area contributed by atoms with Crippen molar-refractivity contribution in [2.75, 3.05) is 0 Å². The van der Waals surface area contributed by atoms with Crippen LogP contribution in [0.5, 0.6) is 0 Å². The number of unbranched alkanes of at least 4 members (excludes halogenated alkanes) is 11. The molecule has 0 aromatic rings. The summed E-state index contributed by atoms with van der Waals surface area (Å²) >= 11 is 0. The predicted octanol–water partition coefficient (Wildman–Crippen LogP) is 10.6. The molecule has 0 fully saturated rings. The molecule has 270 valence electrons. The third-order valence-electron chi connectivity index (χ3n) is 10.4. The predicted molar refractivity (Wildman–Crippen MR) is 185 cm³/mol. The molecule has 0 rings (SSSR count). The van der Waals surface area contributed by atoms with Gasteiger partial charge in [-0.05, 0) is 49.9 Å². The van der Waals surface area contributed by atoms with Crippen molar-refractivity contribution in [2.24, 2.45) is 29.1 Å². The summed E-state index contributed by atoms with van der Waals surface area (Å²) in [6, 6.07) is 0. The van der Waals surface area contributed by atoms with E-state index < -0.39 is 35.2 Å². The average Bonchev–Trinajstić information content (AvgIpc) is 3.00. The number of carboxylic acids is 4. The first-order valence-electron chi connectivity index (χ1n) is 18.9. The maximum atomic E-state index is 13.6. The molecular weight excluding hydrogens is 584 g/mol. The molecule has 0 amide bonds. The Hall–Kier alpha value is -2.12. The van der Waals surface area contributed by atoms with Crippen LogP contribution in [0.4, 0.5) is 0 Å². The molecule has 0 aromatic carbocycles. The summed E-state index contributed by atoms with van der Waals surface area (Å²) in [6.45, 7) is 8.58. The summed E-state index contributed by atoms with van der Waals surface area (Å²) in [6.07, 6.45) is 19.9. The molecule has 0 aliphatic carbocycles. The first-order chi connectivity index (χ1) is 22.0. The molecule has 4 N–H and O–H groups in total. The van der Waals surface area contributed by atoms with Crippen molar-refractivity contribution in [2.45, 2.75) is 188 Å². The van der Waals surface area contributed by atoms with E-state index >= 15 is 0 Å². The second-order valence-corrected chi connectivity index (χ2v) is 13.9. The van der Waals surface area contributed by atoms with Gasteiger partial charge in [-0.15, -0.1) is 0 Å². The van der Waals surface area contributed by atoms with Crippen LogP contribution in [0.2, 0.25) is 0 Å². The summed E-state index contributed by atoms with van der Waals surface area (Å²) in [5.41, 5.74) is -1.03. The van der Waals surface area contributed by atoms with Crippen LogP contribution in [0.3, 0.4) is 0 Å². The molecule has 8 nitrogen and oxygen atoms in total. The molecule has 0 heterocycles. The Bertz CT molecular complexity index is 812. The largest absolute Gasteiger partial charge is 0.481 e. The molecule has 0 spiro atoms. The SMILES string of the molecule is CCCCC(CCCC)C(CC(=O)O)C(CCCCCCCCCCC(CCC(=O)O)C(=O)O)(C(=O)O)C(CCCC)CCCC. The molecule has 0 saturated heterocycles. The zero-order valence-electron chi connectivity index (χ0n) is 29.9. The summed E-state index contributed by atoms with van der Waals surface area (Å²) in [7, 11) is 0. The maximum absolute atomic E-state index is 13.6. The van der Waals surface area contributed by atoms with Crippen LogP contribution >= 0.6 is 0 Å². The zero-order chi connectivity index (χ0) is 34.8. The van der Waals surface area contributed by atoms with Gasteiger partial charge in [0.15, 0.2) is 0 Å². The minimum Gasteiger partial charge on any atom is -0.481 e. The summed E-state index contributed by atoms with van der Waals surface area (Å²) in [5, 5.41) is 39.5. The van der Waals surface area contributed by atoms with Crippen molar-refractivity contribution in [3.63, 3.8) is 0 Å². The van der Waals surface area contributed by atoms with Crippen molar-refractivity contribution in [1.82, 2.24) is 0 Å². The first kappa shape index (κ1) is 43.9. The first-order valence-corrected chi connectivity index (χ1v) is 18.9. The van der Waals surface area contributed by atoms with Gasteiger partial charge in [-0.2, -0.15) is 0 Å². The van der Waals surface area contributed by atoms with Crippen molar-refractivity contribution in [3.05, 3.63) is 0 Å². The smallest absolute Gasteiger partial charge is 0.310 e. The third-order valence-corrected chi connectivity index (χ3v) is 10.4. The second-order valence-electron chi connectivity index (χ2n) is 13.9. The Labute approximate surface area is 280 Å². The van der Waals surface area contributed by atoms with Gasteiger partial charge in [0.1, 0.15) is 0 Å². The lowest BCUT2D eigenvalue weighted by Crippen LogP contribution is -2.49. The molecule has 0 aliphatic rings. The Balaban J connectivity index is 5.64. The fraction of sp³-hybridized carbons (Fsp3) is 0.895. The van der Waals surface area contributed by atoms with Gasteiger partial charge in [-0.1, -0.05) is 143 Å². The molecule has 0 saturated carbocycles. The number of aliphatic carboxylic acids is 4. The number of carbonyl (C=O) groups is 4. The van der Waals surface area contributed by atoms with Gasteiger partial charge < -0.3 is 20.4 Å². The van der Waals surface area contributed by atoms with Crippen LogP contribution in [0.25, 0.3) is 0 Å². The Morgan fingerprint density at radius 1 is 0.522 bits per heavy atom. The monoisotopic (exact) mass is 655 g/mol. The zero-order valence-corrected chi connectivity index (χ0v) is 29.9. The lowest BCUT2D eigenvalue weighted by Gasteiger charge is -2.47. The van der Waals surface area contributed by atoms with Gasteiger partial charge in [-0.3, -0.25) is 19.2 Å². The summed E-state index contributed by atoms with van der Waals surface area (Å²) in [5.74, 6) is -4.44. The molecule has 3 unspecified atom stereocenters. The van der Waals surface area contributed by atoms with Crippen molar-refractivity contribution < 1.29 is 39.6 Å². The van der Waals surface area contributed by atoms with Crippen LogP contribution in [-0.4, -0.2) is 44.3 Å². The summed E-state index contributed by atoms with van der Waals surface area (Å²) in [4.78, 5) is 48.2. The van der Waals surface area contributed by atoms with Crippen LogP contribution < -0.4 is 0 Å². The molecular formula is C38H70O8.